The van der Waals surface area contributed by atoms with Gasteiger partial charge in [0, 0.05) is 6.07 Å². The number of hydrogen-bond donors (Lipinski definition) is 1. The Morgan fingerprint density at radius 1 is 1.25 bits per heavy atom. The molecule has 0 atom stereocenters. The maximum absolute atomic E-state index is 13.5. The van der Waals surface area contributed by atoms with Gasteiger partial charge in [-0.05, 0) is 30.7 Å². The quantitative estimate of drug-likeness (QED) is 0.885. The smallest absolute Gasteiger partial charge is 0.264 e. The standard InChI is InChI=1S/C12H9ClF2N2O2S/c1-7-4-9(6-16-12(7)13)17-20(18,19)11-3-2-8(14)5-10(11)15/h2-6,17H,1H3. The molecule has 0 spiro atoms. The fourth-order valence-electron chi connectivity index (χ4n) is 1.52. The van der Waals surface area contributed by atoms with Crippen LogP contribution in [0.4, 0.5) is 14.5 Å². The van der Waals surface area contributed by atoms with Gasteiger partial charge in [0.1, 0.15) is 21.7 Å². The number of hydrogen-bond acceptors (Lipinski definition) is 3. The molecule has 8 heteroatoms. The maximum atomic E-state index is 13.5. The van der Waals surface area contributed by atoms with Crippen LogP contribution >= 0.6 is 11.6 Å². The molecule has 1 aromatic carbocycles. The van der Waals surface area contributed by atoms with Gasteiger partial charge in [-0.25, -0.2) is 22.2 Å². The average Bonchev–Trinajstić information content (AvgIpc) is 2.33. The van der Waals surface area contributed by atoms with E-state index in [-0.39, 0.29) is 10.8 Å². The normalized spacial score (nSPS) is 11.4. The van der Waals surface area contributed by atoms with Gasteiger partial charge in [-0.15, -0.1) is 0 Å². The number of pyridine rings is 1. The van der Waals surface area contributed by atoms with Crippen LogP contribution in [-0.4, -0.2) is 13.4 Å². The predicted octanol–water partition coefficient (Wildman–Crippen LogP) is 3.12. The molecule has 20 heavy (non-hydrogen) atoms. The molecular formula is C12H9ClF2N2O2S. The predicted molar refractivity (Wildman–Crippen MR) is 71.2 cm³/mol. The van der Waals surface area contributed by atoms with E-state index in [2.05, 4.69) is 9.71 Å². The van der Waals surface area contributed by atoms with Crippen molar-refractivity contribution >= 4 is 27.3 Å². The summed E-state index contributed by atoms with van der Waals surface area (Å²) in [4.78, 5) is 3.13. The van der Waals surface area contributed by atoms with E-state index in [1.807, 2.05) is 0 Å². The van der Waals surface area contributed by atoms with Crippen molar-refractivity contribution in [2.75, 3.05) is 4.72 Å². The first-order valence-corrected chi connectivity index (χ1v) is 7.26. The maximum Gasteiger partial charge on any atom is 0.264 e. The van der Waals surface area contributed by atoms with Crippen molar-refractivity contribution in [1.29, 1.82) is 0 Å². The fraction of sp³-hybridized carbons (Fsp3) is 0.0833. The van der Waals surface area contributed by atoms with Crippen LogP contribution in [0.2, 0.25) is 5.15 Å². The lowest BCUT2D eigenvalue weighted by Crippen LogP contribution is -2.15. The van der Waals surface area contributed by atoms with Crippen LogP contribution in [0, 0.1) is 18.6 Å². The molecule has 0 unspecified atom stereocenters. The zero-order valence-electron chi connectivity index (χ0n) is 10.2. The van der Waals surface area contributed by atoms with E-state index in [9.17, 15) is 17.2 Å². The molecule has 2 rings (SSSR count). The summed E-state index contributed by atoms with van der Waals surface area (Å²) in [6.45, 7) is 1.64. The van der Waals surface area contributed by atoms with Gasteiger partial charge in [0.05, 0.1) is 11.9 Å². The van der Waals surface area contributed by atoms with E-state index in [4.69, 9.17) is 11.6 Å². The van der Waals surface area contributed by atoms with Crippen molar-refractivity contribution in [3.63, 3.8) is 0 Å². The summed E-state index contributed by atoms with van der Waals surface area (Å²) in [6, 6.07) is 3.67. The van der Waals surface area contributed by atoms with Crippen LogP contribution in [0.3, 0.4) is 0 Å². The number of rotatable bonds is 3. The summed E-state index contributed by atoms with van der Waals surface area (Å²) in [5.41, 5.74) is 0.696. The molecule has 4 nitrogen and oxygen atoms in total. The van der Waals surface area contributed by atoms with Crippen molar-refractivity contribution in [3.05, 3.63) is 52.8 Å². The first kappa shape index (κ1) is 14.7. The highest BCUT2D eigenvalue weighted by molar-refractivity contribution is 7.92. The summed E-state index contributed by atoms with van der Waals surface area (Å²) in [5.74, 6) is -2.03. The zero-order valence-corrected chi connectivity index (χ0v) is 11.8. The van der Waals surface area contributed by atoms with Crippen LogP contribution in [0.15, 0.2) is 35.4 Å². The van der Waals surface area contributed by atoms with Crippen LogP contribution < -0.4 is 4.72 Å². The fourth-order valence-corrected chi connectivity index (χ4v) is 2.72. The second kappa shape index (κ2) is 5.34. The lowest BCUT2D eigenvalue weighted by Gasteiger charge is -2.09. The van der Waals surface area contributed by atoms with Crippen LogP contribution in [0.1, 0.15) is 5.56 Å². The molecule has 0 aliphatic heterocycles. The second-order valence-electron chi connectivity index (χ2n) is 4.01. The van der Waals surface area contributed by atoms with Gasteiger partial charge in [-0.2, -0.15) is 0 Å². The molecule has 106 valence electrons. The van der Waals surface area contributed by atoms with Gasteiger partial charge in [-0.1, -0.05) is 11.6 Å². The summed E-state index contributed by atoms with van der Waals surface area (Å²) < 4.78 is 52.4. The van der Waals surface area contributed by atoms with Crippen molar-refractivity contribution in [3.8, 4) is 0 Å². The molecule has 0 radical (unpaired) electrons. The van der Waals surface area contributed by atoms with E-state index in [1.54, 1.807) is 6.92 Å². The van der Waals surface area contributed by atoms with E-state index < -0.39 is 26.6 Å². The van der Waals surface area contributed by atoms with Gasteiger partial charge >= 0.3 is 0 Å². The Labute approximate surface area is 119 Å². The lowest BCUT2D eigenvalue weighted by molar-refractivity contribution is 0.551. The summed E-state index contributed by atoms with van der Waals surface area (Å²) in [6.07, 6.45) is 1.20. The Morgan fingerprint density at radius 2 is 1.95 bits per heavy atom. The minimum atomic E-state index is -4.17. The second-order valence-corrected chi connectivity index (χ2v) is 6.02. The minimum absolute atomic E-state index is 0.135. The molecule has 0 fully saturated rings. The van der Waals surface area contributed by atoms with Gasteiger partial charge in [0.2, 0.25) is 0 Å². The number of anilines is 1. The Kier molecular flexibility index (Phi) is 3.92. The van der Waals surface area contributed by atoms with Crippen LogP contribution in [-0.2, 0) is 10.0 Å². The highest BCUT2D eigenvalue weighted by Gasteiger charge is 2.20. The van der Waals surface area contributed by atoms with E-state index in [0.717, 1.165) is 12.1 Å². The Bertz CT molecular complexity index is 766. The summed E-state index contributed by atoms with van der Waals surface area (Å²) in [5, 5.41) is 0.237. The van der Waals surface area contributed by atoms with E-state index in [1.165, 1.54) is 12.3 Å². The zero-order chi connectivity index (χ0) is 14.9. The average molecular weight is 319 g/mol. The molecule has 2 aromatic rings. The number of benzene rings is 1. The van der Waals surface area contributed by atoms with E-state index >= 15 is 0 Å². The number of aromatic nitrogens is 1. The first-order valence-electron chi connectivity index (χ1n) is 5.39. The van der Waals surface area contributed by atoms with Gasteiger partial charge < -0.3 is 0 Å². The molecule has 1 N–H and O–H groups in total. The largest absolute Gasteiger partial charge is 0.278 e. The van der Waals surface area contributed by atoms with E-state index in [0.29, 0.717) is 11.6 Å². The first-order chi connectivity index (χ1) is 9.29. The topological polar surface area (TPSA) is 59.1 Å². The SMILES string of the molecule is Cc1cc(NS(=O)(=O)c2ccc(F)cc2F)cnc1Cl. The van der Waals surface area contributed by atoms with Crippen molar-refractivity contribution in [2.24, 2.45) is 0 Å². The Hall–Kier alpha value is -1.73. The number of nitrogens with one attached hydrogen (secondary N) is 1. The third-order valence-corrected chi connectivity index (χ3v) is 4.26. The third-order valence-electron chi connectivity index (χ3n) is 2.45. The van der Waals surface area contributed by atoms with Crippen LogP contribution in [0.5, 0.6) is 0 Å². The summed E-state index contributed by atoms with van der Waals surface area (Å²) >= 11 is 5.72. The highest BCUT2D eigenvalue weighted by Crippen LogP contribution is 2.21. The van der Waals surface area contributed by atoms with Gasteiger partial charge in [0.25, 0.3) is 10.0 Å². The molecular weight excluding hydrogens is 310 g/mol. The Balaban J connectivity index is 2.38. The molecule has 0 aliphatic rings. The molecule has 0 aliphatic carbocycles. The van der Waals surface area contributed by atoms with Crippen molar-refractivity contribution in [2.45, 2.75) is 11.8 Å². The minimum Gasteiger partial charge on any atom is -0.278 e. The summed E-state index contributed by atoms with van der Waals surface area (Å²) in [7, 11) is -4.17. The van der Waals surface area contributed by atoms with Crippen molar-refractivity contribution < 1.29 is 17.2 Å². The number of aryl methyl sites for hydroxylation is 1. The monoisotopic (exact) mass is 318 g/mol. The molecule has 1 aromatic heterocycles. The third kappa shape index (κ3) is 3.05. The van der Waals surface area contributed by atoms with Crippen LogP contribution in [0.25, 0.3) is 0 Å². The molecule has 0 amide bonds. The molecule has 0 saturated carbocycles. The highest BCUT2D eigenvalue weighted by atomic mass is 35.5. The number of sulfonamides is 1. The number of nitrogens with zero attached hydrogens (tertiary/aromatic N) is 1. The van der Waals surface area contributed by atoms with Gasteiger partial charge in [-0.3, -0.25) is 4.72 Å². The molecule has 0 bridgehead atoms. The number of halogens is 3. The van der Waals surface area contributed by atoms with Crippen molar-refractivity contribution in [1.82, 2.24) is 4.98 Å². The molecule has 0 saturated heterocycles. The lowest BCUT2D eigenvalue weighted by atomic mass is 10.3. The Morgan fingerprint density at radius 3 is 2.55 bits per heavy atom. The van der Waals surface area contributed by atoms with Gasteiger partial charge in [0.15, 0.2) is 0 Å². The molecule has 1 heterocycles.